The van der Waals surface area contributed by atoms with Gasteiger partial charge in [-0.25, -0.2) is 0 Å². The second-order valence-corrected chi connectivity index (χ2v) is 8.04. The lowest BCUT2D eigenvalue weighted by Gasteiger charge is -2.18. The Hall–Kier alpha value is -2.48. The molecular weight excluding hydrogens is 426 g/mol. The van der Waals surface area contributed by atoms with Crippen LogP contribution in [0.1, 0.15) is 33.9 Å². The number of carbonyl (C=O) groups excluding carboxylic acids is 2. The molecule has 3 aromatic rings. The zero-order chi connectivity index (χ0) is 21.0. The first-order valence-electron chi connectivity index (χ1n) is 9.13. The van der Waals surface area contributed by atoms with Gasteiger partial charge in [-0.2, -0.15) is 0 Å². The van der Waals surface area contributed by atoms with Gasteiger partial charge in [0.25, 0.3) is 11.8 Å². The van der Waals surface area contributed by atoms with Gasteiger partial charge >= 0.3 is 0 Å². The van der Waals surface area contributed by atoms with Gasteiger partial charge in [-0.3, -0.25) is 14.9 Å². The van der Waals surface area contributed by atoms with Crippen LogP contribution in [0.4, 0.5) is 5.69 Å². The van der Waals surface area contributed by atoms with Crippen LogP contribution >= 0.6 is 35.2 Å². The molecule has 2 N–H and O–H groups in total. The van der Waals surface area contributed by atoms with Crippen molar-refractivity contribution < 1.29 is 9.59 Å². The SMILES string of the molecule is CCN(CC)C(=O)c1ccc(NC(=S)NC(=O)c2sc3ccccc3c2Cl)cc1. The van der Waals surface area contributed by atoms with Gasteiger partial charge in [0.1, 0.15) is 4.88 Å². The van der Waals surface area contributed by atoms with Crippen molar-refractivity contribution in [2.45, 2.75) is 13.8 Å². The maximum atomic E-state index is 12.6. The summed E-state index contributed by atoms with van der Waals surface area (Å²) in [5.74, 6) is -0.376. The number of hydrogen-bond acceptors (Lipinski definition) is 4. The predicted octanol–water partition coefficient (Wildman–Crippen LogP) is 5.16. The van der Waals surface area contributed by atoms with Crippen molar-refractivity contribution in [2.24, 2.45) is 0 Å². The number of anilines is 1. The Balaban J connectivity index is 1.65. The summed E-state index contributed by atoms with van der Waals surface area (Å²) in [6, 6.07) is 14.5. The maximum Gasteiger partial charge on any atom is 0.269 e. The number of thiophene rings is 1. The number of amides is 2. The molecule has 8 heteroatoms. The van der Waals surface area contributed by atoms with E-state index in [1.54, 1.807) is 29.2 Å². The van der Waals surface area contributed by atoms with E-state index in [0.717, 1.165) is 10.1 Å². The van der Waals surface area contributed by atoms with Gasteiger partial charge in [0.05, 0.1) is 5.02 Å². The lowest BCUT2D eigenvalue weighted by Crippen LogP contribution is -2.33. The van der Waals surface area contributed by atoms with E-state index < -0.39 is 0 Å². The predicted molar refractivity (Wildman–Crippen MR) is 124 cm³/mol. The van der Waals surface area contributed by atoms with Crippen molar-refractivity contribution in [3.8, 4) is 0 Å². The van der Waals surface area contributed by atoms with Crippen molar-refractivity contribution in [3.05, 3.63) is 64.0 Å². The van der Waals surface area contributed by atoms with Crippen LogP contribution in [0.25, 0.3) is 10.1 Å². The van der Waals surface area contributed by atoms with E-state index >= 15 is 0 Å². The van der Waals surface area contributed by atoms with Gasteiger partial charge in [-0.15, -0.1) is 11.3 Å². The molecule has 1 heterocycles. The van der Waals surface area contributed by atoms with Gasteiger partial charge < -0.3 is 10.2 Å². The molecule has 2 aromatic carbocycles. The summed E-state index contributed by atoms with van der Waals surface area (Å²) in [7, 11) is 0. The smallest absolute Gasteiger partial charge is 0.269 e. The summed E-state index contributed by atoms with van der Waals surface area (Å²) in [4.78, 5) is 27.1. The summed E-state index contributed by atoms with van der Waals surface area (Å²) in [5, 5.41) is 7.03. The van der Waals surface area contributed by atoms with E-state index in [-0.39, 0.29) is 16.9 Å². The summed E-state index contributed by atoms with van der Waals surface area (Å²) in [5.41, 5.74) is 1.28. The highest BCUT2D eigenvalue weighted by Crippen LogP contribution is 2.34. The molecule has 0 bridgehead atoms. The lowest BCUT2D eigenvalue weighted by atomic mass is 10.2. The molecule has 0 atom stereocenters. The zero-order valence-electron chi connectivity index (χ0n) is 16.0. The Labute approximate surface area is 183 Å². The molecule has 2 amide bonds. The van der Waals surface area contributed by atoms with Gasteiger partial charge in [-0.05, 0) is 56.4 Å². The largest absolute Gasteiger partial charge is 0.339 e. The fourth-order valence-corrected chi connectivity index (χ4v) is 4.49. The maximum absolute atomic E-state index is 12.6. The number of fused-ring (bicyclic) bond motifs is 1. The summed E-state index contributed by atoms with van der Waals surface area (Å²) in [6.45, 7) is 5.21. The third-order valence-electron chi connectivity index (χ3n) is 4.41. The number of carbonyl (C=O) groups is 2. The van der Waals surface area contributed by atoms with Crippen LogP contribution in [0.2, 0.25) is 5.02 Å². The third kappa shape index (κ3) is 4.75. The monoisotopic (exact) mass is 445 g/mol. The lowest BCUT2D eigenvalue weighted by molar-refractivity contribution is 0.0772. The summed E-state index contributed by atoms with van der Waals surface area (Å²) < 4.78 is 0.940. The van der Waals surface area contributed by atoms with E-state index in [0.29, 0.717) is 34.2 Å². The number of nitrogens with one attached hydrogen (secondary N) is 2. The van der Waals surface area contributed by atoms with Gasteiger partial charge in [-0.1, -0.05) is 29.8 Å². The molecule has 0 aliphatic rings. The Kier molecular flexibility index (Phi) is 6.84. The quantitative estimate of drug-likeness (QED) is 0.532. The molecule has 0 aliphatic heterocycles. The Morgan fingerprint density at radius 1 is 1.07 bits per heavy atom. The number of thiocarbonyl (C=S) groups is 1. The minimum Gasteiger partial charge on any atom is -0.339 e. The Morgan fingerprint density at radius 3 is 2.34 bits per heavy atom. The Morgan fingerprint density at radius 2 is 1.72 bits per heavy atom. The topological polar surface area (TPSA) is 61.4 Å². The highest BCUT2D eigenvalue weighted by atomic mass is 35.5. The minimum atomic E-state index is -0.359. The van der Waals surface area contributed by atoms with Crippen molar-refractivity contribution in [2.75, 3.05) is 18.4 Å². The molecule has 3 rings (SSSR count). The van der Waals surface area contributed by atoms with Crippen LogP contribution < -0.4 is 10.6 Å². The number of benzene rings is 2. The fraction of sp³-hybridized carbons (Fsp3) is 0.190. The van der Waals surface area contributed by atoms with Crippen LogP contribution in [-0.4, -0.2) is 34.9 Å². The standard InChI is InChI=1S/C21H20ClN3O2S2/c1-3-25(4-2)20(27)13-9-11-14(12-10-13)23-21(28)24-19(26)18-17(22)15-7-5-6-8-16(15)29-18/h5-12H,3-4H2,1-2H3,(H2,23,24,26,28). The molecule has 0 radical (unpaired) electrons. The van der Waals surface area contributed by atoms with Crippen LogP contribution in [-0.2, 0) is 0 Å². The molecule has 29 heavy (non-hydrogen) atoms. The fourth-order valence-electron chi connectivity index (χ4n) is 2.87. The summed E-state index contributed by atoms with van der Waals surface area (Å²) in [6.07, 6.45) is 0. The van der Waals surface area contributed by atoms with Gasteiger partial charge in [0.15, 0.2) is 5.11 Å². The second kappa shape index (κ2) is 9.35. The average molecular weight is 446 g/mol. The molecule has 0 saturated carbocycles. The van der Waals surface area contributed by atoms with E-state index in [9.17, 15) is 9.59 Å². The van der Waals surface area contributed by atoms with Crippen LogP contribution in [0.5, 0.6) is 0 Å². The normalized spacial score (nSPS) is 10.6. The van der Waals surface area contributed by atoms with Crippen molar-refractivity contribution in [3.63, 3.8) is 0 Å². The first kappa shape index (κ1) is 21.2. The molecular formula is C21H20ClN3O2S2. The number of hydrogen-bond donors (Lipinski definition) is 2. The van der Waals surface area contributed by atoms with Crippen molar-refractivity contribution in [1.29, 1.82) is 0 Å². The van der Waals surface area contributed by atoms with Gasteiger partial charge in [0.2, 0.25) is 0 Å². The van der Waals surface area contributed by atoms with Crippen LogP contribution in [0.15, 0.2) is 48.5 Å². The molecule has 5 nitrogen and oxygen atoms in total. The van der Waals surface area contributed by atoms with E-state index in [1.165, 1.54) is 11.3 Å². The molecule has 0 saturated heterocycles. The van der Waals surface area contributed by atoms with Crippen molar-refractivity contribution in [1.82, 2.24) is 10.2 Å². The zero-order valence-corrected chi connectivity index (χ0v) is 18.4. The first-order valence-corrected chi connectivity index (χ1v) is 10.7. The number of nitrogens with zero attached hydrogens (tertiary/aromatic N) is 1. The van der Waals surface area contributed by atoms with Crippen molar-refractivity contribution >= 4 is 67.9 Å². The van der Waals surface area contributed by atoms with E-state index in [1.807, 2.05) is 38.1 Å². The minimum absolute atomic E-state index is 0.0168. The molecule has 1 aromatic heterocycles. The highest BCUT2D eigenvalue weighted by Gasteiger charge is 2.18. The molecule has 150 valence electrons. The summed E-state index contributed by atoms with van der Waals surface area (Å²) >= 11 is 12.9. The average Bonchev–Trinajstić information content (AvgIpc) is 3.06. The van der Waals surface area contributed by atoms with E-state index in [2.05, 4.69) is 10.6 Å². The Bertz CT molecular complexity index is 1060. The third-order valence-corrected chi connectivity index (χ3v) is 6.29. The number of rotatable bonds is 5. The molecule has 0 aliphatic carbocycles. The molecule has 0 fully saturated rings. The van der Waals surface area contributed by atoms with E-state index in [4.69, 9.17) is 23.8 Å². The number of halogens is 1. The molecule has 0 unspecified atom stereocenters. The first-order chi connectivity index (χ1) is 13.9. The van der Waals surface area contributed by atoms with Gasteiger partial charge in [0, 0.05) is 34.4 Å². The van der Waals surface area contributed by atoms with Crippen LogP contribution in [0.3, 0.4) is 0 Å². The second-order valence-electron chi connectivity index (χ2n) is 6.20. The van der Waals surface area contributed by atoms with Crippen LogP contribution in [0, 0.1) is 0 Å². The molecule has 0 spiro atoms. The highest BCUT2D eigenvalue weighted by molar-refractivity contribution is 7.80.